The van der Waals surface area contributed by atoms with E-state index in [0.717, 1.165) is 23.2 Å². The SMILES string of the molecule is Cn1cc(-c2c[nH]c(/C(=N\C=N)N3CCN(c4ncc([C@](O)(CF)c5ccc(F)cc5)cn4)CC3)c2)cn1. The molecule has 3 N–H and O–H groups in total. The Hall–Kier alpha value is -4.45. The molecule has 5 rings (SSSR count). The Kier molecular flexibility index (Phi) is 6.97. The summed E-state index contributed by atoms with van der Waals surface area (Å²) in [6.45, 7) is 1.32. The Balaban J connectivity index is 1.27. The van der Waals surface area contributed by atoms with Crippen LogP contribution in [-0.2, 0) is 12.6 Å². The standard InChI is InChI=1S/C26H27F2N9O/c1-35-15-19(12-34-35)18-10-23(30-11-18)24(33-17-29)36-6-8-37(9-7-36)25-31-13-21(14-32-25)26(38,16-27)20-2-4-22(28)5-3-20/h2-5,10-15,17,29-30,38H,6-9,16H2,1H3/b29-17?,33-24+/t26-/m0/s1. The van der Waals surface area contributed by atoms with Gasteiger partial charge in [-0.3, -0.25) is 10.1 Å². The second-order valence-corrected chi connectivity index (χ2v) is 9.03. The number of hydrogen-bond acceptors (Lipinski definition) is 6. The highest BCUT2D eigenvalue weighted by Gasteiger charge is 2.33. The van der Waals surface area contributed by atoms with Gasteiger partial charge in [-0.25, -0.2) is 23.7 Å². The normalized spacial score (nSPS) is 15.9. The first-order valence-corrected chi connectivity index (χ1v) is 12.0. The summed E-state index contributed by atoms with van der Waals surface area (Å²) in [5.41, 5.74) is 1.20. The number of aryl methyl sites for hydroxylation is 1. The number of aliphatic hydroxyl groups is 1. The zero-order valence-corrected chi connectivity index (χ0v) is 20.7. The molecule has 0 unspecified atom stereocenters. The maximum atomic E-state index is 13.9. The van der Waals surface area contributed by atoms with Gasteiger partial charge in [0.15, 0.2) is 5.84 Å². The molecular formula is C26H27F2N9O. The van der Waals surface area contributed by atoms with E-state index in [1.807, 2.05) is 30.4 Å². The molecule has 4 aromatic rings. The molecule has 1 fully saturated rings. The van der Waals surface area contributed by atoms with Crippen molar-refractivity contribution in [2.24, 2.45) is 12.0 Å². The maximum Gasteiger partial charge on any atom is 0.225 e. The van der Waals surface area contributed by atoms with Crippen molar-refractivity contribution in [3.63, 3.8) is 0 Å². The molecule has 4 heterocycles. The molecule has 38 heavy (non-hydrogen) atoms. The summed E-state index contributed by atoms with van der Waals surface area (Å²) in [4.78, 5) is 20.4. The molecular weight excluding hydrogens is 492 g/mol. The number of hydrogen-bond donors (Lipinski definition) is 3. The Bertz CT molecular complexity index is 1420. The first kappa shape index (κ1) is 25.2. The summed E-state index contributed by atoms with van der Waals surface area (Å²) in [5.74, 6) is 0.649. The molecule has 12 heteroatoms. The van der Waals surface area contributed by atoms with E-state index in [2.05, 4.69) is 29.9 Å². The van der Waals surface area contributed by atoms with Gasteiger partial charge < -0.3 is 19.9 Å². The second-order valence-electron chi connectivity index (χ2n) is 9.03. The summed E-state index contributed by atoms with van der Waals surface area (Å²) in [5, 5.41) is 22.7. The van der Waals surface area contributed by atoms with Gasteiger partial charge in [0.25, 0.3) is 0 Å². The third kappa shape index (κ3) is 4.90. The lowest BCUT2D eigenvalue weighted by Crippen LogP contribution is -2.49. The fourth-order valence-corrected chi connectivity index (χ4v) is 4.51. The van der Waals surface area contributed by atoms with Crippen LogP contribution in [0.5, 0.6) is 0 Å². The van der Waals surface area contributed by atoms with Gasteiger partial charge >= 0.3 is 0 Å². The first-order valence-electron chi connectivity index (χ1n) is 12.0. The van der Waals surface area contributed by atoms with Gasteiger partial charge in [-0.1, -0.05) is 12.1 Å². The molecule has 0 bridgehead atoms. The van der Waals surface area contributed by atoms with E-state index in [0.29, 0.717) is 38.0 Å². The Morgan fingerprint density at radius 1 is 1.11 bits per heavy atom. The first-order chi connectivity index (χ1) is 18.4. The van der Waals surface area contributed by atoms with E-state index in [1.165, 1.54) is 36.7 Å². The van der Waals surface area contributed by atoms with Crippen molar-refractivity contribution in [1.82, 2.24) is 29.6 Å². The molecule has 1 aromatic carbocycles. The Morgan fingerprint density at radius 2 is 1.82 bits per heavy atom. The van der Waals surface area contributed by atoms with Crippen molar-refractivity contribution >= 4 is 18.1 Å². The summed E-state index contributed by atoms with van der Waals surface area (Å²) >= 11 is 0. The quantitative estimate of drug-likeness (QED) is 0.255. The molecule has 0 amide bonds. The van der Waals surface area contributed by atoms with Crippen molar-refractivity contribution in [1.29, 1.82) is 5.41 Å². The molecule has 0 aliphatic carbocycles. The lowest BCUT2D eigenvalue weighted by atomic mass is 9.89. The maximum absolute atomic E-state index is 13.9. The molecule has 0 spiro atoms. The molecule has 0 radical (unpaired) electrons. The third-order valence-electron chi connectivity index (χ3n) is 6.64. The van der Waals surface area contributed by atoms with E-state index < -0.39 is 18.1 Å². The summed E-state index contributed by atoms with van der Waals surface area (Å²) in [6, 6.07) is 7.03. The minimum atomic E-state index is -1.96. The number of nitrogens with one attached hydrogen (secondary N) is 2. The minimum absolute atomic E-state index is 0.186. The largest absolute Gasteiger partial charge is 0.377 e. The second kappa shape index (κ2) is 10.5. The highest BCUT2D eigenvalue weighted by atomic mass is 19.1. The van der Waals surface area contributed by atoms with Crippen LogP contribution >= 0.6 is 0 Å². The monoisotopic (exact) mass is 519 g/mol. The number of aromatic nitrogens is 5. The number of alkyl halides is 1. The molecule has 1 aliphatic heterocycles. The number of piperazine rings is 1. The van der Waals surface area contributed by atoms with Crippen molar-refractivity contribution in [3.8, 4) is 11.1 Å². The lowest BCUT2D eigenvalue weighted by molar-refractivity contribution is 0.0511. The third-order valence-corrected chi connectivity index (χ3v) is 6.64. The minimum Gasteiger partial charge on any atom is -0.377 e. The topological polar surface area (TPSA) is 122 Å². The predicted octanol–water partition coefficient (Wildman–Crippen LogP) is 2.73. The molecule has 10 nitrogen and oxygen atoms in total. The highest BCUT2D eigenvalue weighted by molar-refractivity contribution is 6.01. The highest BCUT2D eigenvalue weighted by Crippen LogP contribution is 2.30. The van der Waals surface area contributed by atoms with Crippen LogP contribution in [0.15, 0.2) is 66.3 Å². The number of aromatic amines is 1. The number of amidine groups is 1. The van der Waals surface area contributed by atoms with Crippen LogP contribution in [0.3, 0.4) is 0 Å². The van der Waals surface area contributed by atoms with Crippen molar-refractivity contribution in [2.75, 3.05) is 37.8 Å². The number of aliphatic imine (C=N–C) groups is 1. The van der Waals surface area contributed by atoms with Crippen molar-refractivity contribution in [2.45, 2.75) is 5.60 Å². The number of nitrogens with zero attached hydrogens (tertiary/aromatic N) is 7. The van der Waals surface area contributed by atoms with E-state index >= 15 is 0 Å². The van der Waals surface area contributed by atoms with Gasteiger partial charge in [0.1, 0.15) is 24.4 Å². The van der Waals surface area contributed by atoms with E-state index in [4.69, 9.17) is 5.41 Å². The van der Waals surface area contributed by atoms with Crippen LogP contribution in [0.25, 0.3) is 11.1 Å². The van der Waals surface area contributed by atoms with E-state index in [-0.39, 0.29) is 11.1 Å². The average molecular weight is 520 g/mol. The van der Waals surface area contributed by atoms with Crippen LogP contribution in [0.2, 0.25) is 0 Å². The van der Waals surface area contributed by atoms with Crippen LogP contribution in [0, 0.1) is 11.2 Å². The number of anilines is 1. The zero-order valence-electron chi connectivity index (χ0n) is 20.7. The molecule has 1 aliphatic rings. The number of H-pyrrole nitrogens is 1. The molecule has 196 valence electrons. The summed E-state index contributed by atoms with van der Waals surface area (Å²) in [7, 11) is 1.86. The molecule has 1 saturated heterocycles. The van der Waals surface area contributed by atoms with Gasteiger partial charge in [0, 0.05) is 74.7 Å². The van der Waals surface area contributed by atoms with Crippen molar-refractivity contribution < 1.29 is 13.9 Å². The van der Waals surface area contributed by atoms with Gasteiger partial charge in [0.2, 0.25) is 5.95 Å². The average Bonchev–Trinajstić information content (AvgIpc) is 3.61. The Morgan fingerprint density at radius 3 is 2.42 bits per heavy atom. The van der Waals surface area contributed by atoms with Crippen LogP contribution in [-0.4, -0.2) is 79.8 Å². The van der Waals surface area contributed by atoms with E-state index in [1.54, 1.807) is 10.9 Å². The Labute approximate surface area is 217 Å². The van der Waals surface area contributed by atoms with Crippen molar-refractivity contribution in [3.05, 3.63) is 84.0 Å². The van der Waals surface area contributed by atoms with Crippen LogP contribution in [0.4, 0.5) is 14.7 Å². The molecule has 1 atom stereocenters. The van der Waals surface area contributed by atoms with Gasteiger partial charge in [0.05, 0.1) is 11.9 Å². The fourth-order valence-electron chi connectivity index (χ4n) is 4.51. The number of benzene rings is 1. The molecule has 0 saturated carbocycles. The number of rotatable bonds is 7. The smallest absolute Gasteiger partial charge is 0.225 e. The zero-order chi connectivity index (χ0) is 26.7. The van der Waals surface area contributed by atoms with Crippen LogP contribution in [0.1, 0.15) is 16.8 Å². The van der Waals surface area contributed by atoms with Gasteiger partial charge in [-0.2, -0.15) is 5.10 Å². The van der Waals surface area contributed by atoms with Gasteiger partial charge in [-0.05, 0) is 23.8 Å². The summed E-state index contributed by atoms with van der Waals surface area (Å²) < 4.78 is 29.0. The van der Waals surface area contributed by atoms with E-state index in [9.17, 15) is 13.9 Å². The van der Waals surface area contributed by atoms with Gasteiger partial charge in [-0.15, -0.1) is 0 Å². The van der Waals surface area contributed by atoms with Crippen LogP contribution < -0.4 is 4.90 Å². The number of halogens is 2. The molecule has 3 aromatic heterocycles. The summed E-state index contributed by atoms with van der Waals surface area (Å²) in [6.07, 6.45) is 9.44. The fraction of sp³-hybridized carbons (Fsp3) is 0.269. The predicted molar refractivity (Wildman–Crippen MR) is 140 cm³/mol. The lowest BCUT2D eigenvalue weighted by Gasteiger charge is -2.36.